The van der Waals surface area contributed by atoms with Crippen LogP contribution in [-0.2, 0) is 16.6 Å². The van der Waals surface area contributed by atoms with Crippen molar-refractivity contribution in [3.8, 4) is 28.3 Å². The van der Waals surface area contributed by atoms with E-state index in [0.29, 0.717) is 17.8 Å². The van der Waals surface area contributed by atoms with Crippen LogP contribution in [0.4, 0.5) is 0 Å². The molecule has 192 valence electrons. The second kappa shape index (κ2) is 9.24. The summed E-state index contributed by atoms with van der Waals surface area (Å²) in [7, 11) is 1.65. The minimum absolute atomic E-state index is 0.0190. The zero-order chi connectivity index (χ0) is 26.4. The van der Waals surface area contributed by atoms with Crippen molar-refractivity contribution in [1.82, 2.24) is 20.2 Å². The molecule has 0 bridgehead atoms. The number of ketones is 1. The lowest BCUT2D eigenvalue weighted by Crippen LogP contribution is -2.51. The maximum atomic E-state index is 13.2. The number of nitrogens with one attached hydrogen (secondary N) is 1. The zero-order valence-electron chi connectivity index (χ0n) is 21.7. The third-order valence-corrected chi connectivity index (χ3v) is 8.41. The normalized spacial score (nSPS) is 23.7. The number of aliphatic hydroxyl groups excluding tert-OH is 1. The fourth-order valence-corrected chi connectivity index (χ4v) is 6.59. The van der Waals surface area contributed by atoms with E-state index >= 15 is 0 Å². The lowest BCUT2D eigenvalue weighted by atomic mass is 9.52. The highest BCUT2D eigenvalue weighted by Crippen LogP contribution is 2.56. The molecule has 2 heterocycles. The van der Waals surface area contributed by atoms with Crippen LogP contribution in [0.3, 0.4) is 0 Å². The maximum absolute atomic E-state index is 13.2. The quantitative estimate of drug-likeness (QED) is 0.270. The number of carbonyl (C=O) groups excluding carboxylic acids is 1. The van der Waals surface area contributed by atoms with Gasteiger partial charge in [-0.25, -0.2) is 9.97 Å². The molecule has 0 radical (unpaired) electrons. The number of nitrogens with zero attached hydrogens (tertiary/aromatic N) is 3. The van der Waals surface area contributed by atoms with Crippen molar-refractivity contribution in [3.05, 3.63) is 95.3 Å². The molecule has 1 saturated carbocycles. The summed E-state index contributed by atoms with van der Waals surface area (Å²) >= 11 is 0. The fraction of sp³-hybridized carbons (Fsp3) is 0.290. The van der Waals surface area contributed by atoms with Crippen molar-refractivity contribution in [2.45, 2.75) is 38.5 Å². The third-order valence-electron chi connectivity index (χ3n) is 8.41. The second-order valence-electron chi connectivity index (χ2n) is 10.3. The Labute approximate surface area is 221 Å². The van der Waals surface area contributed by atoms with E-state index < -0.39 is 5.41 Å². The summed E-state index contributed by atoms with van der Waals surface area (Å²) in [5, 5.41) is 17.2. The first-order valence-electron chi connectivity index (χ1n) is 13.0. The number of aromatic amines is 1. The highest BCUT2D eigenvalue weighted by atomic mass is 16.5. The fourth-order valence-electron chi connectivity index (χ4n) is 6.59. The topological polar surface area (TPSA) is 101 Å². The molecule has 0 unspecified atom stereocenters. The van der Waals surface area contributed by atoms with Gasteiger partial charge in [-0.05, 0) is 61.4 Å². The highest BCUT2D eigenvalue weighted by Gasteiger charge is 2.55. The Morgan fingerprint density at radius 2 is 1.79 bits per heavy atom. The smallest absolute Gasteiger partial charge is 0.165 e. The van der Waals surface area contributed by atoms with Gasteiger partial charge < -0.3 is 9.84 Å². The van der Waals surface area contributed by atoms with Crippen molar-refractivity contribution in [2.75, 3.05) is 7.11 Å². The predicted molar refractivity (Wildman–Crippen MR) is 145 cm³/mol. The van der Waals surface area contributed by atoms with Gasteiger partial charge in [0.15, 0.2) is 5.78 Å². The van der Waals surface area contributed by atoms with E-state index in [1.807, 2.05) is 32.0 Å². The van der Waals surface area contributed by atoms with Crippen molar-refractivity contribution >= 4 is 5.78 Å². The summed E-state index contributed by atoms with van der Waals surface area (Å²) in [6.45, 7) is 3.91. The number of carbonyl (C=O) groups is 1. The van der Waals surface area contributed by atoms with Crippen molar-refractivity contribution < 1.29 is 14.6 Å². The first-order valence-corrected chi connectivity index (χ1v) is 13.0. The first-order chi connectivity index (χ1) is 18.5. The average Bonchev–Trinajstić information content (AvgIpc) is 3.50. The predicted octanol–water partition coefficient (Wildman–Crippen LogP) is 5.75. The Morgan fingerprint density at radius 1 is 1.05 bits per heavy atom. The summed E-state index contributed by atoms with van der Waals surface area (Å²) < 4.78 is 5.44. The average molecular weight is 507 g/mol. The number of benzene rings is 2. The molecule has 7 nitrogen and oxygen atoms in total. The van der Waals surface area contributed by atoms with Gasteiger partial charge in [-0.2, -0.15) is 5.10 Å². The Kier molecular flexibility index (Phi) is 5.86. The molecule has 2 aliphatic carbocycles. The van der Waals surface area contributed by atoms with Gasteiger partial charge in [0, 0.05) is 34.2 Å². The van der Waals surface area contributed by atoms with Gasteiger partial charge in [0.05, 0.1) is 30.5 Å². The Balaban J connectivity index is 1.56. The molecule has 0 saturated heterocycles. The molecular weight excluding hydrogens is 476 g/mol. The van der Waals surface area contributed by atoms with Gasteiger partial charge in [0.25, 0.3) is 0 Å². The van der Waals surface area contributed by atoms with Gasteiger partial charge in [0.1, 0.15) is 11.6 Å². The van der Waals surface area contributed by atoms with Gasteiger partial charge in [-0.1, -0.05) is 43.3 Å². The van der Waals surface area contributed by atoms with E-state index in [-0.39, 0.29) is 17.6 Å². The Hall–Kier alpha value is -4.26. The monoisotopic (exact) mass is 506 g/mol. The third kappa shape index (κ3) is 3.64. The van der Waals surface area contributed by atoms with Crippen LogP contribution in [0.1, 0.15) is 42.4 Å². The van der Waals surface area contributed by atoms with Crippen LogP contribution >= 0.6 is 0 Å². The zero-order valence-corrected chi connectivity index (χ0v) is 21.7. The Morgan fingerprint density at radius 3 is 2.45 bits per heavy atom. The summed E-state index contributed by atoms with van der Waals surface area (Å²) in [5.41, 5.74) is 6.97. The molecular formula is C31H30N4O3. The van der Waals surface area contributed by atoms with Crippen molar-refractivity contribution in [3.63, 3.8) is 0 Å². The Bertz CT molecular complexity index is 1520. The number of aryl methyl sites for hydroxylation is 1. The minimum Gasteiger partial charge on any atom is -0.515 e. The maximum Gasteiger partial charge on any atom is 0.165 e. The molecule has 3 atom stereocenters. The number of methoxy groups -OCH3 is 1. The molecule has 0 spiro atoms. The van der Waals surface area contributed by atoms with E-state index in [1.165, 1.54) is 0 Å². The molecule has 2 aromatic carbocycles. The molecule has 7 heteroatoms. The summed E-state index contributed by atoms with van der Waals surface area (Å²) in [6, 6.07) is 18.4. The SMILES string of the molecule is COc1ccc([C@]23CC(=CO)C(=O)[C@@H](C)[C@@H]2CCc2c(-c4ccc(-c5ccn[nH]5)cc4)nc(C)nc23)cc1. The molecule has 4 aromatic rings. The summed E-state index contributed by atoms with van der Waals surface area (Å²) in [5.74, 6) is 1.27. The number of Topliss-reactive ketones (excluding diaryl/α,β-unsaturated/α-hetero) is 1. The standard InChI is InChI=1S/C31H30N4O3/c1-18-26-13-12-25-28(21-6-4-20(5-7-21)27-14-15-32-35-27)33-19(2)34-30(25)31(26,16-22(17-36)29(18)37)23-8-10-24(38-3)11-9-23/h4-11,14-15,17-18,26,36H,12-13,16H2,1-3H3,(H,32,35)/t18-,26-,31+/m0/s1. The first kappa shape index (κ1) is 24.1. The van der Waals surface area contributed by atoms with Gasteiger partial charge in [-0.3, -0.25) is 9.89 Å². The number of rotatable bonds is 4. The van der Waals surface area contributed by atoms with E-state index in [0.717, 1.165) is 64.2 Å². The molecule has 38 heavy (non-hydrogen) atoms. The van der Waals surface area contributed by atoms with Crippen LogP contribution in [0.25, 0.3) is 22.5 Å². The van der Waals surface area contributed by atoms with E-state index in [2.05, 4.69) is 46.6 Å². The number of hydrogen-bond acceptors (Lipinski definition) is 6. The molecule has 2 aromatic heterocycles. The summed E-state index contributed by atoms with van der Waals surface area (Å²) in [4.78, 5) is 23.2. The van der Waals surface area contributed by atoms with Crippen LogP contribution < -0.4 is 4.74 Å². The number of H-pyrrole nitrogens is 1. The lowest BCUT2D eigenvalue weighted by Gasteiger charge is -2.51. The minimum atomic E-state index is -0.569. The number of ether oxygens (including phenoxy) is 1. The van der Waals surface area contributed by atoms with Gasteiger partial charge >= 0.3 is 0 Å². The van der Waals surface area contributed by atoms with E-state index in [4.69, 9.17) is 14.7 Å². The second-order valence-corrected chi connectivity index (χ2v) is 10.3. The van der Waals surface area contributed by atoms with Crippen LogP contribution in [0.5, 0.6) is 5.75 Å². The van der Waals surface area contributed by atoms with Crippen LogP contribution in [0.15, 0.2) is 72.6 Å². The largest absolute Gasteiger partial charge is 0.515 e. The van der Waals surface area contributed by atoms with E-state index in [9.17, 15) is 9.90 Å². The van der Waals surface area contributed by atoms with Crippen molar-refractivity contribution in [2.24, 2.45) is 11.8 Å². The van der Waals surface area contributed by atoms with Gasteiger partial charge in [0.2, 0.25) is 0 Å². The van der Waals surface area contributed by atoms with Gasteiger partial charge in [-0.15, -0.1) is 0 Å². The molecule has 1 fully saturated rings. The lowest BCUT2D eigenvalue weighted by molar-refractivity contribution is -0.123. The molecule has 2 aliphatic rings. The number of fused-ring (bicyclic) bond motifs is 3. The highest BCUT2D eigenvalue weighted by molar-refractivity contribution is 5.98. The number of hydrogen-bond donors (Lipinski definition) is 2. The molecule has 0 amide bonds. The number of allylic oxidation sites excluding steroid dienone is 1. The molecule has 0 aliphatic heterocycles. The van der Waals surface area contributed by atoms with Crippen LogP contribution in [0, 0.1) is 18.8 Å². The van der Waals surface area contributed by atoms with Crippen LogP contribution in [-0.4, -0.2) is 38.2 Å². The van der Waals surface area contributed by atoms with Crippen LogP contribution in [0.2, 0.25) is 0 Å². The summed E-state index contributed by atoms with van der Waals surface area (Å²) in [6.07, 6.45) is 4.75. The van der Waals surface area contributed by atoms with E-state index in [1.54, 1.807) is 13.3 Å². The number of aliphatic hydroxyl groups is 1. The van der Waals surface area contributed by atoms with Crippen molar-refractivity contribution in [1.29, 1.82) is 0 Å². The molecule has 2 N–H and O–H groups in total. The molecule has 6 rings (SSSR count). The number of aromatic nitrogens is 4.